The van der Waals surface area contributed by atoms with Crippen LogP contribution >= 0.6 is 22.7 Å². The highest BCUT2D eigenvalue weighted by Crippen LogP contribution is 2.38. The molecule has 15 aromatic rings. The Morgan fingerprint density at radius 3 is 1.10 bits per heavy atom. The summed E-state index contributed by atoms with van der Waals surface area (Å²) in [4.78, 5) is 78.0. The lowest BCUT2D eigenvalue weighted by Gasteiger charge is -2.14. The zero-order valence-corrected chi connectivity index (χ0v) is 80.0. The van der Waals surface area contributed by atoms with Crippen LogP contribution in [0.3, 0.4) is 0 Å². The number of alkyl halides is 9. The van der Waals surface area contributed by atoms with Gasteiger partial charge < -0.3 is 33.7 Å². The van der Waals surface area contributed by atoms with Crippen molar-refractivity contribution < 1.29 is 87.5 Å². The molecule has 0 aliphatic heterocycles. The van der Waals surface area contributed by atoms with E-state index in [0.717, 1.165) is 120 Å². The maximum atomic E-state index is 13.2. The van der Waals surface area contributed by atoms with E-state index >= 15 is 0 Å². The van der Waals surface area contributed by atoms with Crippen LogP contribution in [0.1, 0.15) is 161 Å². The molecule has 137 heavy (non-hydrogen) atoms. The maximum absolute atomic E-state index is 13.2. The molecule has 4 aromatic carbocycles. The molecule has 0 aliphatic carbocycles. The zero-order valence-electron chi connectivity index (χ0n) is 78.4. The molecule has 0 aliphatic rings. The standard InChI is InChI=1S/C27H28F3N5O2.C25H26F2N4O2S.C25H30F2N2O4.C24H24F2N4O2S/c1-17(2)37-22-11-18(10-21(36)5-7-27(28,29)30)9-20(12-22)24-15-31-26-13-19(6-8-35(24)26)23-14-25(34(3)4)33-16-32-23;1-15(2)33-21-11-17(10-20(32)5-7-25(4,26)27)9-19(12-21)22-14-28-23-13-18(6-8-31(22)23)24-30-29-16(3)34-24;1-17(2)33-22-13-18(12-20(31)5-7-25(3,26)27)11-19(14-22)23-16-28-24-15-21(6-8-29(23)24)32-10-4-9-30;1-15(2)32-20-10-16(9-19(31)4-6-24(3,25)26)8-18(11-20)21-13-27-22-12-17(5-7-30(21)22)23-29-28-14-33-23/h6,8-9,11-17H,5,7,10H2,1-4H3;6,8-9,11-15H,5,7,10H2,1-4H3;6,8,11,13-17,30H,4-5,7,9-10,12H2,1-3H3;5,7-8,10-15H,4,6,9H2,1-3H3. The fourth-order valence-electron chi connectivity index (χ4n) is 14.6. The number of anilines is 1. The van der Waals surface area contributed by atoms with Gasteiger partial charge >= 0.3 is 6.18 Å². The highest BCUT2D eigenvalue weighted by Gasteiger charge is 2.30. The molecular formula is C101H108F9N15O10S2. The van der Waals surface area contributed by atoms with Gasteiger partial charge in [-0.2, -0.15) is 13.2 Å². The molecule has 0 saturated carbocycles. The van der Waals surface area contributed by atoms with Gasteiger partial charge in [0, 0.05) is 174 Å². The van der Waals surface area contributed by atoms with Gasteiger partial charge in [0.2, 0.25) is 17.8 Å². The van der Waals surface area contributed by atoms with Crippen LogP contribution in [0.15, 0.2) is 189 Å². The number of aryl methyl sites for hydroxylation is 1. The van der Waals surface area contributed by atoms with E-state index in [2.05, 4.69) is 50.3 Å². The summed E-state index contributed by atoms with van der Waals surface area (Å²) in [6, 6.07) is 39.2. The lowest BCUT2D eigenvalue weighted by Crippen LogP contribution is -2.13. The van der Waals surface area contributed by atoms with E-state index in [1.54, 1.807) is 60.6 Å². The van der Waals surface area contributed by atoms with E-state index in [9.17, 15) is 58.7 Å². The van der Waals surface area contributed by atoms with Crippen molar-refractivity contribution in [2.24, 2.45) is 0 Å². The number of halogens is 9. The fourth-order valence-corrected chi connectivity index (χ4v) is 15.9. The summed E-state index contributed by atoms with van der Waals surface area (Å²) in [6.07, 6.45) is 8.45. The molecular weight excluding hydrogens is 1820 g/mol. The van der Waals surface area contributed by atoms with E-state index in [4.69, 9.17) is 28.8 Å². The SMILES string of the molecule is CC(C)Oc1cc(CC(=O)CCC(C)(F)F)cc(-c2cnc3cc(-c4nncs4)ccn23)c1.CC(C)Oc1cc(CC(=O)CCC(C)(F)F)cc(-c2cnc3cc(OCCCO)ccn23)c1.CC(C)Oc1cc(CC(=O)CCC(F)(F)F)cc(-c2cnc3cc(-c4cc(N(C)C)ncn4)ccn23)c1.Cc1nnc(-c2ccn3c(-c4cc(CC(=O)CCC(C)(F)F)cc(OC(C)C)c4)cnc3c2)s1. The maximum Gasteiger partial charge on any atom is 0.389 e. The molecule has 722 valence electrons. The average Bonchev–Trinajstić information content (AvgIpc) is 1.66. The molecule has 0 spiro atoms. The van der Waals surface area contributed by atoms with Crippen molar-refractivity contribution in [1.29, 1.82) is 0 Å². The Kier molecular flexibility index (Phi) is 34.1. The number of hydrogen-bond donors (Lipinski definition) is 1. The summed E-state index contributed by atoms with van der Waals surface area (Å²) in [5, 5.41) is 27.7. The van der Waals surface area contributed by atoms with Crippen molar-refractivity contribution in [3.05, 3.63) is 216 Å². The van der Waals surface area contributed by atoms with Crippen LogP contribution in [0.4, 0.5) is 45.3 Å². The first kappa shape index (κ1) is 103. The first-order valence-electron chi connectivity index (χ1n) is 44.6. The minimum atomic E-state index is -4.36. The molecule has 0 saturated heterocycles. The Hall–Kier alpha value is -13.4. The number of Topliss-reactive ketones (excluding diaryl/α,β-unsaturated/α-hetero) is 4. The first-order chi connectivity index (χ1) is 64.9. The fraction of sp³-hybridized carbons (Fsp3) is 0.366. The molecule has 0 atom stereocenters. The number of fused-ring (bicyclic) bond motifs is 4. The summed E-state index contributed by atoms with van der Waals surface area (Å²) in [7, 11) is 3.82. The monoisotopic (exact) mass is 1930 g/mol. The largest absolute Gasteiger partial charge is 0.493 e. The van der Waals surface area contributed by atoms with Crippen LogP contribution in [0.25, 0.3) is 100 Å². The molecule has 0 radical (unpaired) electrons. The third-order valence-corrected chi connectivity index (χ3v) is 22.4. The first-order valence-corrected chi connectivity index (χ1v) is 46.3. The second-order valence-corrected chi connectivity index (χ2v) is 36.9. The van der Waals surface area contributed by atoms with Gasteiger partial charge in [0.05, 0.1) is 90.7 Å². The summed E-state index contributed by atoms with van der Waals surface area (Å²) in [6.45, 7) is 20.1. The molecule has 36 heteroatoms. The molecule has 1 N–H and O–H groups in total. The van der Waals surface area contributed by atoms with Crippen molar-refractivity contribution in [2.75, 3.05) is 32.2 Å². The predicted molar refractivity (Wildman–Crippen MR) is 510 cm³/mol. The number of imidazole rings is 4. The topological polar surface area (TPSA) is 284 Å². The molecule has 0 fully saturated rings. The Bertz CT molecular complexity index is 6670. The highest BCUT2D eigenvalue weighted by molar-refractivity contribution is 7.14. The van der Waals surface area contributed by atoms with Gasteiger partial charge in [-0.3, -0.25) is 36.8 Å². The van der Waals surface area contributed by atoms with Crippen molar-refractivity contribution >= 4 is 74.2 Å². The summed E-state index contributed by atoms with van der Waals surface area (Å²) < 4.78 is 153. The van der Waals surface area contributed by atoms with Crippen molar-refractivity contribution in [1.82, 2.24) is 67.9 Å². The van der Waals surface area contributed by atoms with E-state index in [1.807, 2.05) is 221 Å². The third-order valence-electron chi connectivity index (χ3n) is 20.7. The lowest BCUT2D eigenvalue weighted by molar-refractivity contribution is -0.143. The summed E-state index contributed by atoms with van der Waals surface area (Å²) in [5.41, 5.74) is 17.2. The van der Waals surface area contributed by atoms with Gasteiger partial charge in [-0.05, 0) is 221 Å². The van der Waals surface area contributed by atoms with E-state index in [-0.39, 0.29) is 93.3 Å². The number of nitrogens with zero attached hydrogens (tertiary/aromatic N) is 15. The second-order valence-electron chi connectivity index (χ2n) is 34.9. The molecule has 11 heterocycles. The second kappa shape index (κ2) is 45.5. The van der Waals surface area contributed by atoms with Crippen LogP contribution in [-0.2, 0) is 44.9 Å². The molecule has 0 unspecified atom stereocenters. The molecule has 15 rings (SSSR count). The van der Waals surface area contributed by atoms with Gasteiger partial charge in [-0.25, -0.2) is 56.2 Å². The van der Waals surface area contributed by atoms with Crippen LogP contribution < -0.4 is 28.6 Å². The van der Waals surface area contributed by atoms with Crippen LogP contribution in [0.2, 0.25) is 0 Å². The molecule has 25 nitrogen and oxygen atoms in total. The van der Waals surface area contributed by atoms with Crippen molar-refractivity contribution in [3.8, 4) is 106 Å². The average molecular weight is 1930 g/mol. The predicted octanol–water partition coefficient (Wildman–Crippen LogP) is 22.9. The van der Waals surface area contributed by atoms with Gasteiger partial charge in [0.15, 0.2) is 0 Å². The number of ether oxygens (including phenoxy) is 5. The number of aliphatic hydroxyl groups excluding tert-OH is 1. The van der Waals surface area contributed by atoms with E-state index in [0.29, 0.717) is 75.3 Å². The van der Waals surface area contributed by atoms with Crippen molar-refractivity contribution in [2.45, 2.75) is 215 Å². The van der Waals surface area contributed by atoms with Crippen molar-refractivity contribution in [3.63, 3.8) is 0 Å². The number of ketones is 4. The zero-order chi connectivity index (χ0) is 98.8. The molecule has 0 bridgehead atoms. The molecule has 11 aromatic heterocycles. The van der Waals surface area contributed by atoms with Crippen LogP contribution in [0, 0.1) is 6.92 Å². The smallest absolute Gasteiger partial charge is 0.389 e. The number of carbonyl (C=O) groups excluding carboxylic acids is 4. The number of pyridine rings is 4. The number of aliphatic hydroxyl groups is 1. The third kappa shape index (κ3) is 30.6. The Balaban J connectivity index is 0.000000164. The highest BCUT2D eigenvalue weighted by atomic mass is 32.1. The Morgan fingerprint density at radius 2 is 0.766 bits per heavy atom. The summed E-state index contributed by atoms with van der Waals surface area (Å²) in [5.74, 6) is -5.94. The van der Waals surface area contributed by atoms with Gasteiger partial charge in [-0.1, -0.05) is 22.7 Å². The number of hydrogen-bond acceptors (Lipinski definition) is 23. The van der Waals surface area contributed by atoms with Crippen LogP contribution in [-0.4, -0.2) is 172 Å². The Morgan fingerprint density at radius 1 is 0.409 bits per heavy atom. The normalized spacial score (nSPS) is 11.9. The number of aromatic nitrogens is 14. The quantitative estimate of drug-likeness (QED) is 0.0277. The summed E-state index contributed by atoms with van der Waals surface area (Å²) >= 11 is 2.97. The molecule has 0 amide bonds. The van der Waals surface area contributed by atoms with E-state index < -0.39 is 61.8 Å². The van der Waals surface area contributed by atoms with Gasteiger partial charge in [-0.15, -0.1) is 20.4 Å². The number of carbonyl (C=O) groups is 4. The van der Waals surface area contributed by atoms with E-state index in [1.165, 1.54) is 29.0 Å². The lowest BCUT2D eigenvalue weighted by atomic mass is 10.0. The van der Waals surface area contributed by atoms with Gasteiger partial charge in [0.1, 0.15) is 107 Å². The Labute approximate surface area is 794 Å². The van der Waals surface area contributed by atoms with Crippen LogP contribution in [0.5, 0.6) is 28.7 Å². The minimum Gasteiger partial charge on any atom is -0.493 e. The minimum absolute atomic E-state index is 0.0535. The number of rotatable bonds is 39. The van der Waals surface area contributed by atoms with Gasteiger partial charge in [0.25, 0.3) is 0 Å². The number of benzene rings is 4.